The quantitative estimate of drug-likeness (QED) is 0.379. The van der Waals surface area contributed by atoms with E-state index >= 15 is 0 Å². The van der Waals surface area contributed by atoms with Crippen LogP contribution in [-0.2, 0) is 26.4 Å². The summed E-state index contributed by atoms with van der Waals surface area (Å²) in [5.74, 6) is -2.87. The first-order valence-corrected chi connectivity index (χ1v) is 5.00. The normalized spacial score (nSPS) is 10.8. The van der Waals surface area contributed by atoms with Crippen LogP contribution in [0.5, 0.6) is 0 Å². The van der Waals surface area contributed by atoms with E-state index in [4.69, 9.17) is 20.4 Å². The summed E-state index contributed by atoms with van der Waals surface area (Å²) in [6, 6.07) is 0. The molecule has 0 aromatic heterocycles. The van der Waals surface area contributed by atoms with E-state index in [1.807, 2.05) is 0 Å². The smallest absolute Gasteiger partial charge is 0.549 e. The molecule has 0 rings (SSSR count). The summed E-state index contributed by atoms with van der Waals surface area (Å²) in [7, 11) is 0. The molecule has 0 heterocycles. The third-order valence-corrected chi connectivity index (χ3v) is 2.38. The second-order valence-corrected chi connectivity index (χ2v) is 4.33. The molecule has 4 N–H and O–H groups in total. The van der Waals surface area contributed by atoms with Crippen LogP contribution in [0.1, 0.15) is 13.8 Å². The molecule has 9 heteroatoms. The monoisotopic (exact) mass is 325 g/mol. The molecule has 19 heavy (non-hydrogen) atoms. The largest absolute Gasteiger partial charge is 2.00 e. The van der Waals surface area contributed by atoms with E-state index in [9.17, 15) is 19.8 Å². The molecule has 0 saturated carbocycles. The summed E-state index contributed by atoms with van der Waals surface area (Å²) in [4.78, 5) is 20.1. The Morgan fingerprint density at radius 2 is 0.947 bits per heavy atom. The summed E-state index contributed by atoms with van der Waals surface area (Å²) in [6.07, 6.45) is 0. The topological polar surface area (TPSA) is 161 Å². The maximum Gasteiger partial charge on any atom is 2.00 e. The first-order valence-electron chi connectivity index (χ1n) is 5.00. The van der Waals surface area contributed by atoms with Gasteiger partial charge in [-0.2, -0.15) is 0 Å². The molecule has 0 saturated heterocycles. The summed E-state index contributed by atoms with van der Waals surface area (Å²) >= 11 is 0. The molecule has 1 radical (unpaired) electrons. The van der Waals surface area contributed by atoms with Gasteiger partial charge in [0.2, 0.25) is 0 Å². The van der Waals surface area contributed by atoms with Crippen molar-refractivity contribution < 1.29 is 57.0 Å². The van der Waals surface area contributed by atoms with Crippen molar-refractivity contribution in [3.8, 4) is 0 Å². The predicted molar refractivity (Wildman–Crippen MR) is 54.6 cm³/mol. The van der Waals surface area contributed by atoms with E-state index < -0.39 is 49.2 Å². The first-order chi connectivity index (χ1) is 8.13. The molecular formula is C10H18CoO8. The van der Waals surface area contributed by atoms with Crippen molar-refractivity contribution in [2.75, 3.05) is 26.4 Å². The van der Waals surface area contributed by atoms with E-state index in [0.29, 0.717) is 0 Å². The number of aliphatic hydroxyl groups is 4. The molecule has 0 fully saturated rings. The number of aliphatic carboxylic acids is 2. The van der Waals surface area contributed by atoms with Crippen LogP contribution in [-0.4, -0.2) is 58.8 Å². The van der Waals surface area contributed by atoms with Gasteiger partial charge in [-0.25, -0.2) is 0 Å². The first kappa shape index (κ1) is 23.4. The minimum atomic E-state index is -1.50. The minimum Gasteiger partial charge on any atom is -0.549 e. The van der Waals surface area contributed by atoms with Crippen molar-refractivity contribution in [1.82, 2.24) is 0 Å². The van der Waals surface area contributed by atoms with Crippen molar-refractivity contribution in [3.63, 3.8) is 0 Å². The van der Waals surface area contributed by atoms with Crippen LogP contribution in [0.15, 0.2) is 0 Å². The van der Waals surface area contributed by atoms with Crippen molar-refractivity contribution >= 4 is 11.9 Å². The van der Waals surface area contributed by atoms with Gasteiger partial charge in [-0.1, -0.05) is 0 Å². The Balaban J connectivity index is -0.000000256. The Kier molecular flexibility index (Phi) is 12.5. The van der Waals surface area contributed by atoms with Gasteiger partial charge in [-0.3, -0.25) is 0 Å². The van der Waals surface area contributed by atoms with Gasteiger partial charge < -0.3 is 40.2 Å². The number of rotatable bonds is 6. The zero-order valence-corrected chi connectivity index (χ0v) is 11.6. The summed E-state index contributed by atoms with van der Waals surface area (Å²) in [5, 5.41) is 53.6. The number of carboxylic acids is 2. The van der Waals surface area contributed by atoms with Gasteiger partial charge >= 0.3 is 16.8 Å². The molecule has 0 aliphatic rings. The van der Waals surface area contributed by atoms with Crippen molar-refractivity contribution in [2.24, 2.45) is 10.8 Å². The number of hydrogen-bond acceptors (Lipinski definition) is 8. The molecule has 0 atom stereocenters. The number of hydrogen-bond donors (Lipinski definition) is 4. The van der Waals surface area contributed by atoms with Crippen LogP contribution < -0.4 is 10.2 Å². The third kappa shape index (κ3) is 7.45. The zero-order chi connectivity index (χ0) is 15.0. The summed E-state index contributed by atoms with van der Waals surface area (Å²) in [6.45, 7) is -0.00000000000000133. The van der Waals surface area contributed by atoms with Gasteiger partial charge in [0.15, 0.2) is 0 Å². The van der Waals surface area contributed by atoms with Gasteiger partial charge in [-0.05, 0) is 13.8 Å². The Hall–Kier alpha value is -0.714. The fourth-order valence-electron chi connectivity index (χ4n) is 0.358. The Labute approximate surface area is 120 Å². The molecule has 8 nitrogen and oxygen atoms in total. The number of carbonyl (C=O) groups excluding carboxylic acids is 2. The molecule has 0 unspecified atom stereocenters. The van der Waals surface area contributed by atoms with E-state index in [1.54, 1.807) is 0 Å². The number of carboxylic acid groups (broad SMARTS) is 2. The van der Waals surface area contributed by atoms with Gasteiger partial charge in [0, 0.05) is 0 Å². The maximum atomic E-state index is 10.1. The van der Waals surface area contributed by atoms with Crippen LogP contribution in [0.2, 0.25) is 0 Å². The maximum absolute atomic E-state index is 10.1. The molecule has 0 aliphatic carbocycles. The average molecular weight is 325 g/mol. The van der Waals surface area contributed by atoms with Crippen LogP contribution >= 0.6 is 0 Å². The average Bonchev–Trinajstić information content (AvgIpc) is 2.36. The molecule has 0 spiro atoms. The Morgan fingerprint density at radius 3 is 0.947 bits per heavy atom. The van der Waals surface area contributed by atoms with Crippen LogP contribution in [0.25, 0.3) is 0 Å². The zero-order valence-electron chi connectivity index (χ0n) is 10.6. The molecule has 0 aromatic carbocycles. The SMILES string of the molecule is CC(CO)(CO)C(=O)[O-].CC(CO)(CO)C(=O)[O-].[Co+2]. The van der Waals surface area contributed by atoms with Gasteiger partial charge in [-0.15, -0.1) is 0 Å². The predicted octanol–water partition coefficient (Wildman–Crippen LogP) is -4.55. The molecule has 0 aliphatic heterocycles. The van der Waals surface area contributed by atoms with Gasteiger partial charge in [0.1, 0.15) is 0 Å². The Morgan fingerprint density at radius 1 is 0.789 bits per heavy atom. The minimum absolute atomic E-state index is 0. The van der Waals surface area contributed by atoms with Crippen LogP contribution in [0.3, 0.4) is 0 Å². The second-order valence-electron chi connectivity index (χ2n) is 4.33. The fourth-order valence-corrected chi connectivity index (χ4v) is 0.358. The van der Waals surface area contributed by atoms with E-state index in [1.165, 1.54) is 13.8 Å². The standard InChI is InChI=1S/2C5H10O4.Co/c2*1-5(2-6,3-7)4(8)9;/h2*6-7H,2-3H2,1H3,(H,8,9);/q;;+2/p-2. The summed E-state index contributed by atoms with van der Waals surface area (Å²) < 4.78 is 0. The van der Waals surface area contributed by atoms with Crippen molar-refractivity contribution in [1.29, 1.82) is 0 Å². The van der Waals surface area contributed by atoms with E-state index in [0.717, 1.165) is 0 Å². The Bertz CT molecular complexity index is 245. The van der Waals surface area contributed by atoms with E-state index in [2.05, 4.69) is 0 Å². The van der Waals surface area contributed by atoms with Gasteiger partial charge in [0.25, 0.3) is 0 Å². The third-order valence-electron chi connectivity index (χ3n) is 2.38. The van der Waals surface area contributed by atoms with E-state index in [-0.39, 0.29) is 16.8 Å². The summed E-state index contributed by atoms with van der Waals surface area (Å²) in [5.41, 5.74) is -3.00. The molecule has 0 aromatic rings. The molecule has 0 bridgehead atoms. The van der Waals surface area contributed by atoms with Crippen LogP contribution in [0, 0.1) is 10.8 Å². The molecule has 0 amide bonds. The van der Waals surface area contributed by atoms with Crippen LogP contribution in [0.4, 0.5) is 0 Å². The number of aliphatic hydroxyl groups excluding tert-OH is 4. The van der Waals surface area contributed by atoms with Crippen molar-refractivity contribution in [3.05, 3.63) is 0 Å². The second kappa shape index (κ2) is 10.1. The van der Waals surface area contributed by atoms with Crippen molar-refractivity contribution in [2.45, 2.75) is 13.8 Å². The molecular weight excluding hydrogens is 307 g/mol. The number of carbonyl (C=O) groups is 2. The molecule has 115 valence electrons. The van der Waals surface area contributed by atoms with Gasteiger partial charge in [0.05, 0.1) is 49.2 Å². The fraction of sp³-hybridized carbons (Fsp3) is 0.800.